The van der Waals surface area contributed by atoms with Gasteiger partial charge in [-0.05, 0) is 18.4 Å². The highest BCUT2D eigenvalue weighted by Crippen LogP contribution is 2.30. The van der Waals surface area contributed by atoms with Crippen LogP contribution in [-0.2, 0) is 15.6 Å². The minimum absolute atomic E-state index is 0.0523. The van der Waals surface area contributed by atoms with Gasteiger partial charge in [0.05, 0.1) is 23.0 Å². The summed E-state index contributed by atoms with van der Waals surface area (Å²) in [6.45, 7) is 0. The summed E-state index contributed by atoms with van der Waals surface area (Å²) in [5.41, 5.74) is 0.805. The van der Waals surface area contributed by atoms with Crippen molar-refractivity contribution in [3.63, 3.8) is 0 Å². The minimum Gasteiger partial charge on any atom is -0.228 e. The Morgan fingerprint density at radius 3 is 2.50 bits per heavy atom. The van der Waals surface area contributed by atoms with E-state index < -0.39 is 15.1 Å². The first-order valence-electron chi connectivity index (χ1n) is 6.28. The Bertz CT molecular complexity index is 531. The average Bonchev–Trinajstić information content (AvgIpc) is 2.39. The van der Waals surface area contributed by atoms with Gasteiger partial charge in [0, 0.05) is 0 Å². The number of hydrogen-bond acceptors (Lipinski definition) is 3. The largest absolute Gasteiger partial charge is 0.228 e. The quantitative estimate of drug-likeness (QED) is 0.842. The molecule has 96 valence electrons. The second-order valence-electron chi connectivity index (χ2n) is 4.85. The topological polar surface area (TPSA) is 57.9 Å². The van der Waals surface area contributed by atoms with E-state index in [9.17, 15) is 8.42 Å². The molecule has 0 aromatic heterocycles. The normalized spacial score (nSPS) is 24.4. The number of nitrogens with zero attached hydrogens (tertiary/aromatic N) is 1. The summed E-state index contributed by atoms with van der Waals surface area (Å²) in [5, 5.41) is 8.60. The van der Waals surface area contributed by atoms with Crippen LogP contribution in [0.15, 0.2) is 30.3 Å². The fourth-order valence-corrected chi connectivity index (χ4v) is 4.68. The molecule has 0 spiro atoms. The van der Waals surface area contributed by atoms with Crippen LogP contribution in [0.5, 0.6) is 0 Å². The van der Waals surface area contributed by atoms with Crippen LogP contribution in [-0.4, -0.2) is 13.7 Å². The van der Waals surface area contributed by atoms with E-state index >= 15 is 0 Å². The van der Waals surface area contributed by atoms with Crippen molar-refractivity contribution in [1.29, 1.82) is 5.26 Å². The lowest BCUT2D eigenvalue weighted by Crippen LogP contribution is -2.33. The summed E-state index contributed by atoms with van der Waals surface area (Å²) in [6, 6.07) is 11.4. The lowest BCUT2D eigenvalue weighted by atomic mass is 9.90. The molecule has 2 unspecified atom stereocenters. The highest BCUT2D eigenvalue weighted by molar-refractivity contribution is 7.91. The molecular weight excluding hydrogens is 246 g/mol. The molecule has 1 aromatic carbocycles. The first-order valence-corrected chi connectivity index (χ1v) is 8.00. The molecule has 0 heterocycles. The molecule has 1 aromatic rings. The van der Waals surface area contributed by atoms with Gasteiger partial charge in [-0.2, -0.15) is 5.26 Å². The molecule has 3 nitrogen and oxygen atoms in total. The van der Waals surface area contributed by atoms with Crippen LogP contribution < -0.4 is 0 Å². The molecule has 0 amide bonds. The van der Waals surface area contributed by atoms with Crippen LogP contribution in [0.2, 0.25) is 0 Å². The summed E-state index contributed by atoms with van der Waals surface area (Å²) in [7, 11) is -3.22. The third kappa shape index (κ3) is 2.91. The van der Waals surface area contributed by atoms with E-state index in [2.05, 4.69) is 6.07 Å². The molecule has 0 radical (unpaired) electrons. The Hall–Kier alpha value is -1.34. The number of sulfone groups is 1. The zero-order valence-electron chi connectivity index (χ0n) is 10.2. The van der Waals surface area contributed by atoms with Crippen LogP contribution in [0.4, 0.5) is 0 Å². The van der Waals surface area contributed by atoms with Crippen molar-refractivity contribution in [1.82, 2.24) is 0 Å². The van der Waals surface area contributed by atoms with Crippen molar-refractivity contribution in [2.75, 3.05) is 0 Å². The maximum atomic E-state index is 12.4. The van der Waals surface area contributed by atoms with Gasteiger partial charge in [-0.25, -0.2) is 8.42 Å². The molecule has 4 heteroatoms. The van der Waals surface area contributed by atoms with E-state index in [1.165, 1.54) is 0 Å². The van der Waals surface area contributed by atoms with Crippen LogP contribution in [0.3, 0.4) is 0 Å². The molecule has 1 aliphatic carbocycles. The molecule has 0 aliphatic heterocycles. The molecule has 0 saturated heterocycles. The Morgan fingerprint density at radius 2 is 1.83 bits per heavy atom. The summed E-state index contributed by atoms with van der Waals surface area (Å²) >= 11 is 0. The Balaban J connectivity index is 2.18. The van der Waals surface area contributed by atoms with Gasteiger partial charge < -0.3 is 0 Å². The number of rotatable bonds is 3. The second kappa shape index (κ2) is 5.53. The molecule has 2 atom stereocenters. The standard InChI is InChI=1S/C14H17NO2S/c15-10-13-8-4-5-9-14(13)18(16,17)11-12-6-2-1-3-7-12/h1-3,6-7,13-14H,4-5,8-9,11H2. The van der Waals surface area contributed by atoms with Gasteiger partial charge >= 0.3 is 0 Å². The van der Waals surface area contributed by atoms with Gasteiger partial charge in [0.15, 0.2) is 9.84 Å². The Labute approximate surface area is 108 Å². The Kier molecular flexibility index (Phi) is 4.03. The van der Waals surface area contributed by atoms with E-state index in [1.807, 2.05) is 30.3 Å². The van der Waals surface area contributed by atoms with Gasteiger partial charge in [0.2, 0.25) is 0 Å². The fourth-order valence-electron chi connectivity index (χ4n) is 2.59. The lowest BCUT2D eigenvalue weighted by Gasteiger charge is -2.26. The first kappa shape index (κ1) is 13.1. The SMILES string of the molecule is N#CC1CCCCC1S(=O)(=O)Cc1ccccc1. The van der Waals surface area contributed by atoms with E-state index in [1.54, 1.807) is 0 Å². The van der Waals surface area contributed by atoms with Crippen molar-refractivity contribution < 1.29 is 8.42 Å². The zero-order valence-corrected chi connectivity index (χ0v) is 11.1. The number of nitriles is 1. The van der Waals surface area contributed by atoms with Gasteiger partial charge in [0.1, 0.15) is 0 Å². The van der Waals surface area contributed by atoms with Gasteiger partial charge in [-0.3, -0.25) is 0 Å². The van der Waals surface area contributed by atoms with Crippen LogP contribution in [0, 0.1) is 17.2 Å². The minimum atomic E-state index is -3.22. The molecule has 1 fully saturated rings. The van der Waals surface area contributed by atoms with E-state index in [0.717, 1.165) is 24.8 Å². The van der Waals surface area contributed by atoms with Crippen LogP contribution >= 0.6 is 0 Å². The highest BCUT2D eigenvalue weighted by Gasteiger charge is 2.35. The van der Waals surface area contributed by atoms with Crippen LogP contribution in [0.25, 0.3) is 0 Å². The van der Waals surface area contributed by atoms with Crippen molar-refractivity contribution in [2.45, 2.75) is 36.7 Å². The third-order valence-corrected chi connectivity index (χ3v) is 5.76. The van der Waals surface area contributed by atoms with Crippen molar-refractivity contribution in [2.24, 2.45) is 5.92 Å². The number of benzene rings is 1. The van der Waals surface area contributed by atoms with E-state index in [4.69, 9.17) is 5.26 Å². The summed E-state index contributed by atoms with van der Waals surface area (Å²) in [4.78, 5) is 0. The zero-order chi connectivity index (χ0) is 13.0. The monoisotopic (exact) mass is 263 g/mol. The number of hydrogen-bond donors (Lipinski definition) is 0. The van der Waals surface area contributed by atoms with Gasteiger partial charge in [-0.15, -0.1) is 0 Å². The van der Waals surface area contributed by atoms with Crippen molar-refractivity contribution in [3.05, 3.63) is 35.9 Å². The molecule has 0 bridgehead atoms. The lowest BCUT2D eigenvalue weighted by molar-refractivity contribution is 0.418. The second-order valence-corrected chi connectivity index (χ2v) is 7.07. The predicted molar refractivity (Wildman–Crippen MR) is 70.4 cm³/mol. The molecule has 2 rings (SSSR count). The smallest absolute Gasteiger partial charge is 0.158 e. The average molecular weight is 263 g/mol. The van der Waals surface area contributed by atoms with Crippen molar-refractivity contribution >= 4 is 9.84 Å². The fraction of sp³-hybridized carbons (Fsp3) is 0.500. The van der Waals surface area contributed by atoms with Gasteiger partial charge in [-0.1, -0.05) is 43.2 Å². The summed E-state index contributed by atoms with van der Waals surface area (Å²) in [5.74, 6) is -0.274. The molecule has 1 saturated carbocycles. The third-order valence-electron chi connectivity index (χ3n) is 3.54. The highest BCUT2D eigenvalue weighted by atomic mass is 32.2. The van der Waals surface area contributed by atoms with E-state index in [0.29, 0.717) is 6.42 Å². The molecular formula is C14H17NO2S. The summed E-state index contributed by atoms with van der Waals surface area (Å²) < 4.78 is 24.7. The maximum absolute atomic E-state index is 12.4. The summed E-state index contributed by atoms with van der Waals surface area (Å²) in [6.07, 6.45) is 3.23. The van der Waals surface area contributed by atoms with Crippen LogP contribution in [0.1, 0.15) is 31.2 Å². The molecule has 18 heavy (non-hydrogen) atoms. The Morgan fingerprint density at radius 1 is 1.17 bits per heavy atom. The van der Waals surface area contributed by atoms with Crippen molar-refractivity contribution in [3.8, 4) is 6.07 Å². The maximum Gasteiger partial charge on any atom is 0.158 e. The predicted octanol–water partition coefficient (Wildman–Crippen LogP) is 2.68. The molecule has 0 N–H and O–H groups in total. The first-order chi connectivity index (χ1) is 8.63. The van der Waals surface area contributed by atoms with Gasteiger partial charge in [0.25, 0.3) is 0 Å². The van der Waals surface area contributed by atoms with E-state index in [-0.39, 0.29) is 11.7 Å². The molecule has 1 aliphatic rings.